The fourth-order valence-corrected chi connectivity index (χ4v) is 2.43. The summed E-state index contributed by atoms with van der Waals surface area (Å²) >= 11 is 0. The molecule has 1 aliphatic carbocycles. The van der Waals surface area contributed by atoms with Crippen molar-refractivity contribution in [3.8, 4) is 0 Å². The quantitative estimate of drug-likeness (QED) is 0.797. The topological polar surface area (TPSA) is 54.4 Å². The lowest BCUT2D eigenvalue weighted by Gasteiger charge is -2.11. The molecule has 0 spiro atoms. The smallest absolute Gasteiger partial charge is 0.304 e. The maximum absolute atomic E-state index is 12.3. The van der Waals surface area contributed by atoms with Crippen LogP contribution in [0.1, 0.15) is 40.7 Å². The lowest BCUT2D eigenvalue weighted by molar-refractivity contribution is -0.137. The Balaban J connectivity index is 2.34. The van der Waals surface area contributed by atoms with Gasteiger partial charge in [0.2, 0.25) is 0 Å². The summed E-state index contributed by atoms with van der Waals surface area (Å²) < 4.78 is 0. The second-order valence-corrected chi connectivity index (χ2v) is 4.71. The van der Waals surface area contributed by atoms with Gasteiger partial charge in [-0.15, -0.1) is 0 Å². The first-order valence-corrected chi connectivity index (χ1v) is 5.93. The second kappa shape index (κ2) is 4.70. The fourth-order valence-electron chi connectivity index (χ4n) is 2.43. The summed E-state index contributed by atoms with van der Waals surface area (Å²) in [6.45, 7) is 1.95. The van der Waals surface area contributed by atoms with Gasteiger partial charge in [0.05, 0.1) is 6.42 Å². The number of carboxylic acid groups (broad SMARTS) is 1. The molecule has 0 radical (unpaired) electrons. The van der Waals surface area contributed by atoms with E-state index < -0.39 is 5.97 Å². The Labute approximate surface area is 100 Å². The minimum absolute atomic E-state index is 0.00333. The van der Waals surface area contributed by atoms with Crippen molar-refractivity contribution in [1.82, 2.24) is 0 Å². The number of hydrogen-bond acceptors (Lipinski definition) is 2. The molecule has 3 heteroatoms. The summed E-state index contributed by atoms with van der Waals surface area (Å²) in [5.74, 6) is -1.24. The van der Waals surface area contributed by atoms with Crippen LogP contribution in [0.4, 0.5) is 0 Å². The average molecular weight is 232 g/mol. The Morgan fingerprint density at radius 3 is 2.94 bits per heavy atom. The summed E-state index contributed by atoms with van der Waals surface area (Å²) in [7, 11) is 0. The zero-order chi connectivity index (χ0) is 12.4. The molecule has 0 bridgehead atoms. The number of carbonyl (C=O) groups is 2. The van der Waals surface area contributed by atoms with Gasteiger partial charge in [-0.2, -0.15) is 0 Å². The number of ketones is 1. The summed E-state index contributed by atoms with van der Waals surface area (Å²) in [6, 6.07) is 5.88. The van der Waals surface area contributed by atoms with Gasteiger partial charge in [-0.3, -0.25) is 9.59 Å². The van der Waals surface area contributed by atoms with E-state index in [9.17, 15) is 9.59 Å². The van der Waals surface area contributed by atoms with E-state index in [0.29, 0.717) is 6.42 Å². The number of carbonyl (C=O) groups excluding carboxylic acids is 1. The number of hydrogen-bond donors (Lipinski definition) is 1. The largest absolute Gasteiger partial charge is 0.481 e. The molecular weight excluding hydrogens is 216 g/mol. The molecule has 1 atom stereocenters. The van der Waals surface area contributed by atoms with Gasteiger partial charge in [-0.1, -0.05) is 17.7 Å². The second-order valence-electron chi connectivity index (χ2n) is 4.71. The third kappa shape index (κ3) is 2.54. The predicted octanol–water partition coefficient (Wildman–Crippen LogP) is 2.60. The van der Waals surface area contributed by atoms with E-state index in [2.05, 4.69) is 0 Å². The SMILES string of the molecule is Cc1ccc2c(c1)C(=O)C(CC(=O)O)CCC2. The molecular formula is C14H16O3. The highest BCUT2D eigenvalue weighted by Gasteiger charge is 2.27. The van der Waals surface area contributed by atoms with Crippen LogP contribution in [-0.2, 0) is 11.2 Å². The standard InChI is InChI=1S/C14H16O3/c1-9-5-6-10-3-2-4-11(8-13(15)16)14(17)12(10)7-9/h5-7,11H,2-4,8H2,1H3,(H,15,16). The van der Waals surface area contributed by atoms with Gasteiger partial charge < -0.3 is 5.11 Å². The molecule has 1 aromatic carbocycles. The van der Waals surface area contributed by atoms with Gasteiger partial charge in [-0.05, 0) is 37.8 Å². The molecule has 1 N–H and O–H groups in total. The van der Waals surface area contributed by atoms with Crippen molar-refractivity contribution in [3.05, 3.63) is 34.9 Å². The first kappa shape index (κ1) is 11.8. The molecule has 0 amide bonds. The molecule has 1 aromatic rings. The van der Waals surface area contributed by atoms with Crippen LogP contribution in [0.25, 0.3) is 0 Å². The maximum atomic E-state index is 12.3. The summed E-state index contributed by atoms with van der Waals surface area (Å²) in [5, 5.41) is 8.83. The van der Waals surface area contributed by atoms with Crippen molar-refractivity contribution in [2.45, 2.75) is 32.6 Å². The van der Waals surface area contributed by atoms with Crippen LogP contribution in [0.3, 0.4) is 0 Å². The molecule has 0 heterocycles. The van der Waals surface area contributed by atoms with Gasteiger partial charge in [0.1, 0.15) is 0 Å². The molecule has 0 aromatic heterocycles. The van der Waals surface area contributed by atoms with Crippen LogP contribution in [-0.4, -0.2) is 16.9 Å². The monoisotopic (exact) mass is 232 g/mol. The van der Waals surface area contributed by atoms with Crippen LogP contribution in [0.2, 0.25) is 0 Å². The summed E-state index contributed by atoms with van der Waals surface area (Å²) in [6.07, 6.45) is 2.39. The third-order valence-electron chi connectivity index (χ3n) is 3.32. The van der Waals surface area contributed by atoms with E-state index in [0.717, 1.165) is 29.5 Å². The molecule has 1 unspecified atom stereocenters. The van der Waals surface area contributed by atoms with Crippen LogP contribution >= 0.6 is 0 Å². The van der Waals surface area contributed by atoms with Crippen molar-refractivity contribution in [2.75, 3.05) is 0 Å². The third-order valence-corrected chi connectivity index (χ3v) is 3.32. The number of aliphatic carboxylic acids is 1. The molecule has 3 nitrogen and oxygen atoms in total. The van der Waals surface area contributed by atoms with Gasteiger partial charge in [0.25, 0.3) is 0 Å². The number of rotatable bonds is 2. The first-order chi connectivity index (χ1) is 8.08. The number of fused-ring (bicyclic) bond motifs is 1. The lowest BCUT2D eigenvalue weighted by atomic mass is 9.92. The minimum atomic E-state index is -0.889. The van der Waals surface area contributed by atoms with E-state index in [1.54, 1.807) is 0 Å². The van der Waals surface area contributed by atoms with Gasteiger partial charge in [0.15, 0.2) is 5.78 Å². The van der Waals surface area contributed by atoms with Crippen molar-refractivity contribution >= 4 is 11.8 Å². The van der Waals surface area contributed by atoms with Gasteiger partial charge in [0, 0.05) is 11.5 Å². The zero-order valence-electron chi connectivity index (χ0n) is 9.90. The number of Topliss-reactive ketones (excluding diaryl/α,β-unsaturated/α-hetero) is 1. The van der Waals surface area contributed by atoms with E-state index in [1.807, 2.05) is 25.1 Å². The normalized spacial score (nSPS) is 19.6. The highest BCUT2D eigenvalue weighted by Crippen LogP contribution is 2.27. The Morgan fingerprint density at radius 2 is 2.24 bits per heavy atom. The molecule has 2 rings (SSSR count). The highest BCUT2D eigenvalue weighted by atomic mass is 16.4. The van der Waals surface area contributed by atoms with E-state index in [4.69, 9.17) is 5.11 Å². The van der Waals surface area contributed by atoms with Crippen molar-refractivity contribution in [3.63, 3.8) is 0 Å². The molecule has 0 saturated carbocycles. The van der Waals surface area contributed by atoms with Crippen LogP contribution in [0.5, 0.6) is 0 Å². The van der Waals surface area contributed by atoms with Crippen LogP contribution in [0, 0.1) is 12.8 Å². The van der Waals surface area contributed by atoms with Gasteiger partial charge in [-0.25, -0.2) is 0 Å². The summed E-state index contributed by atoms with van der Waals surface area (Å²) in [4.78, 5) is 23.0. The lowest BCUT2D eigenvalue weighted by Crippen LogP contribution is -2.18. The van der Waals surface area contributed by atoms with Crippen LogP contribution < -0.4 is 0 Å². The Hall–Kier alpha value is -1.64. The van der Waals surface area contributed by atoms with E-state index in [-0.39, 0.29) is 18.1 Å². The van der Waals surface area contributed by atoms with Crippen LogP contribution in [0.15, 0.2) is 18.2 Å². The Kier molecular flexibility index (Phi) is 3.27. The maximum Gasteiger partial charge on any atom is 0.304 e. The molecule has 0 aliphatic heterocycles. The predicted molar refractivity (Wildman–Crippen MR) is 64.2 cm³/mol. The first-order valence-electron chi connectivity index (χ1n) is 5.93. The molecule has 90 valence electrons. The van der Waals surface area contributed by atoms with Crippen molar-refractivity contribution in [2.24, 2.45) is 5.92 Å². The summed E-state index contributed by atoms with van der Waals surface area (Å²) in [5.41, 5.74) is 2.84. The number of benzene rings is 1. The Morgan fingerprint density at radius 1 is 1.47 bits per heavy atom. The Bertz CT molecular complexity index is 463. The molecule has 0 saturated heterocycles. The van der Waals surface area contributed by atoms with Gasteiger partial charge >= 0.3 is 5.97 Å². The molecule has 17 heavy (non-hydrogen) atoms. The van der Waals surface area contributed by atoms with E-state index >= 15 is 0 Å². The zero-order valence-corrected chi connectivity index (χ0v) is 9.90. The molecule has 1 aliphatic rings. The number of carboxylic acids is 1. The van der Waals surface area contributed by atoms with Crippen molar-refractivity contribution in [1.29, 1.82) is 0 Å². The average Bonchev–Trinajstić information content (AvgIpc) is 2.40. The molecule has 0 fully saturated rings. The number of aryl methyl sites for hydroxylation is 2. The highest BCUT2D eigenvalue weighted by molar-refractivity contribution is 6.01. The fraction of sp³-hybridized carbons (Fsp3) is 0.429. The minimum Gasteiger partial charge on any atom is -0.481 e. The van der Waals surface area contributed by atoms with E-state index in [1.165, 1.54) is 0 Å². The van der Waals surface area contributed by atoms with Crippen molar-refractivity contribution < 1.29 is 14.7 Å².